The Balaban J connectivity index is 2.16. The second-order valence-electron chi connectivity index (χ2n) is 3.92. The first-order valence-electron chi connectivity index (χ1n) is 5.93. The lowest BCUT2D eigenvalue weighted by atomic mass is 10.1. The number of oxime groups is 1. The molecular weight excluding hydrogens is 292 g/mol. The monoisotopic (exact) mass is 302 g/mol. The minimum Gasteiger partial charge on any atom is -0.411 e. The van der Waals surface area contributed by atoms with Crippen molar-refractivity contribution in [3.8, 4) is 0 Å². The summed E-state index contributed by atoms with van der Waals surface area (Å²) in [5.41, 5.74) is 3.69. The number of nitrogens with one attached hydrogen (secondary N) is 1. The lowest BCUT2D eigenvalue weighted by molar-refractivity contribution is 0.0954. The molecule has 1 aromatic heterocycles. The number of benzene rings is 1. The summed E-state index contributed by atoms with van der Waals surface area (Å²) in [6, 6.07) is 12.0. The summed E-state index contributed by atoms with van der Waals surface area (Å²) in [4.78, 5) is 15.7. The van der Waals surface area contributed by atoms with Gasteiger partial charge in [0.1, 0.15) is 10.9 Å². The highest BCUT2D eigenvalue weighted by Gasteiger charge is 2.06. The van der Waals surface area contributed by atoms with Crippen molar-refractivity contribution in [3.05, 3.63) is 64.9 Å². The van der Waals surface area contributed by atoms with Gasteiger partial charge >= 0.3 is 0 Å². The second kappa shape index (κ2) is 7.16. The molecule has 7 heteroatoms. The van der Waals surface area contributed by atoms with Crippen LogP contribution in [-0.4, -0.2) is 28.0 Å². The number of pyridine rings is 1. The van der Waals surface area contributed by atoms with E-state index in [0.29, 0.717) is 22.0 Å². The Hall–Kier alpha value is -2.73. The molecule has 2 rings (SSSR count). The predicted molar refractivity (Wildman–Crippen MR) is 80.0 cm³/mol. The van der Waals surface area contributed by atoms with Crippen LogP contribution in [0.5, 0.6) is 0 Å². The van der Waals surface area contributed by atoms with Gasteiger partial charge in [0.2, 0.25) is 0 Å². The van der Waals surface area contributed by atoms with Gasteiger partial charge in [0.05, 0.1) is 11.8 Å². The van der Waals surface area contributed by atoms with Gasteiger partial charge in [-0.1, -0.05) is 47.1 Å². The van der Waals surface area contributed by atoms with Gasteiger partial charge in [-0.3, -0.25) is 4.79 Å². The number of carbonyl (C=O) groups is 1. The smallest absolute Gasteiger partial charge is 0.272 e. The molecule has 0 aliphatic carbocycles. The van der Waals surface area contributed by atoms with Gasteiger partial charge in [0.15, 0.2) is 0 Å². The van der Waals surface area contributed by atoms with Crippen molar-refractivity contribution >= 4 is 29.4 Å². The van der Waals surface area contributed by atoms with E-state index < -0.39 is 5.91 Å². The molecular formula is C14H11ClN4O2. The van der Waals surface area contributed by atoms with Crippen LogP contribution in [0.4, 0.5) is 0 Å². The second-order valence-corrected chi connectivity index (χ2v) is 4.31. The summed E-state index contributed by atoms with van der Waals surface area (Å²) in [6.07, 6.45) is 2.48. The molecule has 2 aromatic rings. The zero-order chi connectivity index (χ0) is 15.1. The molecule has 0 radical (unpaired) electrons. The van der Waals surface area contributed by atoms with E-state index in [1.54, 1.807) is 24.3 Å². The molecule has 0 bridgehead atoms. The first-order chi connectivity index (χ1) is 10.2. The topological polar surface area (TPSA) is 86.9 Å². The molecule has 1 aromatic carbocycles. The first kappa shape index (κ1) is 14.7. The minimum atomic E-state index is -0.445. The third-order valence-corrected chi connectivity index (χ3v) is 2.74. The molecule has 0 unspecified atom stereocenters. The molecule has 0 aliphatic rings. The standard InChI is InChI=1S/C14H11ClN4O2/c15-13-7-6-11(8-16-13)14(20)19-18-12(9-17-21)10-4-2-1-3-5-10/h1-9,21H,(H,19,20). The Morgan fingerprint density at radius 1 is 1.19 bits per heavy atom. The van der Waals surface area contributed by atoms with Crippen molar-refractivity contribution in [1.82, 2.24) is 10.4 Å². The summed E-state index contributed by atoms with van der Waals surface area (Å²) < 4.78 is 0. The van der Waals surface area contributed by atoms with Crippen LogP contribution in [0, 0.1) is 0 Å². The number of aromatic nitrogens is 1. The largest absolute Gasteiger partial charge is 0.411 e. The van der Waals surface area contributed by atoms with Crippen molar-refractivity contribution in [3.63, 3.8) is 0 Å². The number of hydrogen-bond donors (Lipinski definition) is 2. The van der Waals surface area contributed by atoms with Crippen LogP contribution in [0.1, 0.15) is 15.9 Å². The van der Waals surface area contributed by atoms with Gasteiger partial charge in [-0.05, 0) is 12.1 Å². The summed E-state index contributed by atoms with van der Waals surface area (Å²) >= 11 is 5.65. The molecule has 2 N–H and O–H groups in total. The van der Waals surface area contributed by atoms with Gasteiger partial charge in [-0.2, -0.15) is 5.10 Å². The summed E-state index contributed by atoms with van der Waals surface area (Å²) in [5, 5.41) is 15.8. The van der Waals surface area contributed by atoms with Crippen molar-refractivity contribution in [2.45, 2.75) is 0 Å². The average molecular weight is 303 g/mol. The highest BCUT2D eigenvalue weighted by Crippen LogP contribution is 2.05. The number of hydrogen-bond acceptors (Lipinski definition) is 5. The maximum Gasteiger partial charge on any atom is 0.272 e. The van der Waals surface area contributed by atoms with Gasteiger partial charge in [0, 0.05) is 11.8 Å². The fourth-order valence-electron chi connectivity index (χ4n) is 1.52. The molecule has 0 saturated carbocycles. The Bertz CT molecular complexity index is 669. The third-order valence-electron chi connectivity index (χ3n) is 2.52. The number of rotatable bonds is 4. The lowest BCUT2D eigenvalue weighted by Crippen LogP contribution is -2.20. The number of carbonyl (C=O) groups excluding carboxylic acids is 1. The van der Waals surface area contributed by atoms with Crippen LogP contribution >= 0.6 is 11.6 Å². The molecule has 0 fully saturated rings. The first-order valence-corrected chi connectivity index (χ1v) is 6.31. The van der Waals surface area contributed by atoms with Crippen LogP contribution in [0.25, 0.3) is 0 Å². The number of halogens is 1. The fourth-order valence-corrected chi connectivity index (χ4v) is 1.63. The molecule has 0 saturated heterocycles. The highest BCUT2D eigenvalue weighted by molar-refractivity contribution is 6.38. The maximum absolute atomic E-state index is 11.9. The van der Waals surface area contributed by atoms with Gasteiger partial charge in [0.25, 0.3) is 5.91 Å². The zero-order valence-corrected chi connectivity index (χ0v) is 11.5. The molecule has 0 atom stereocenters. The number of amides is 1. The summed E-state index contributed by atoms with van der Waals surface area (Å²) in [5.74, 6) is -0.445. The molecule has 1 amide bonds. The van der Waals surface area contributed by atoms with E-state index in [4.69, 9.17) is 16.8 Å². The van der Waals surface area contributed by atoms with Crippen molar-refractivity contribution in [2.75, 3.05) is 0 Å². The van der Waals surface area contributed by atoms with Crippen LogP contribution in [0.15, 0.2) is 58.9 Å². The van der Waals surface area contributed by atoms with Crippen LogP contribution < -0.4 is 5.43 Å². The van der Waals surface area contributed by atoms with E-state index in [-0.39, 0.29) is 0 Å². The van der Waals surface area contributed by atoms with E-state index >= 15 is 0 Å². The maximum atomic E-state index is 11.9. The number of hydrazone groups is 1. The van der Waals surface area contributed by atoms with Crippen molar-refractivity contribution in [2.24, 2.45) is 10.3 Å². The van der Waals surface area contributed by atoms with E-state index in [9.17, 15) is 4.79 Å². The average Bonchev–Trinajstić information content (AvgIpc) is 2.52. The van der Waals surface area contributed by atoms with E-state index in [1.807, 2.05) is 6.07 Å². The van der Waals surface area contributed by atoms with Gasteiger partial charge in [-0.25, -0.2) is 10.4 Å². The Morgan fingerprint density at radius 2 is 1.95 bits per heavy atom. The molecule has 0 spiro atoms. The molecule has 106 valence electrons. The lowest BCUT2D eigenvalue weighted by Gasteiger charge is -2.03. The van der Waals surface area contributed by atoms with Crippen LogP contribution in [-0.2, 0) is 0 Å². The van der Waals surface area contributed by atoms with Gasteiger partial charge in [-0.15, -0.1) is 0 Å². The van der Waals surface area contributed by atoms with E-state index in [1.165, 1.54) is 18.3 Å². The fraction of sp³-hybridized carbons (Fsp3) is 0. The van der Waals surface area contributed by atoms with E-state index in [0.717, 1.165) is 6.21 Å². The Morgan fingerprint density at radius 3 is 2.57 bits per heavy atom. The zero-order valence-electron chi connectivity index (χ0n) is 10.8. The third kappa shape index (κ3) is 4.12. The van der Waals surface area contributed by atoms with Crippen LogP contribution in [0.3, 0.4) is 0 Å². The van der Waals surface area contributed by atoms with Crippen molar-refractivity contribution in [1.29, 1.82) is 0 Å². The molecule has 1 heterocycles. The Kier molecular flexibility index (Phi) is 5.00. The normalized spacial score (nSPS) is 11.6. The minimum absolute atomic E-state index is 0.299. The summed E-state index contributed by atoms with van der Waals surface area (Å²) in [7, 11) is 0. The highest BCUT2D eigenvalue weighted by atomic mass is 35.5. The molecule has 21 heavy (non-hydrogen) atoms. The van der Waals surface area contributed by atoms with Crippen molar-refractivity contribution < 1.29 is 10.0 Å². The van der Waals surface area contributed by atoms with Crippen LogP contribution in [0.2, 0.25) is 5.15 Å². The SMILES string of the molecule is O=C(NN=C(C=NO)c1ccccc1)c1ccc(Cl)nc1. The molecule has 0 aliphatic heterocycles. The Labute approximate surface area is 125 Å². The summed E-state index contributed by atoms with van der Waals surface area (Å²) in [6.45, 7) is 0. The van der Waals surface area contributed by atoms with Gasteiger partial charge < -0.3 is 5.21 Å². The van der Waals surface area contributed by atoms with E-state index in [2.05, 4.69) is 20.7 Å². The number of nitrogens with zero attached hydrogens (tertiary/aromatic N) is 3. The predicted octanol–water partition coefficient (Wildman–Crippen LogP) is 2.33. The molecule has 6 nitrogen and oxygen atoms in total. The quantitative estimate of drug-likeness (QED) is 0.393.